The molecular weight excluding hydrogens is 534 g/mol. The van der Waals surface area contributed by atoms with Crippen molar-refractivity contribution < 1.29 is 23.9 Å². The molecule has 0 fully saturated rings. The molecule has 6 nitrogen and oxygen atoms in total. The number of nitrogens with one attached hydrogen (secondary N) is 1. The second-order valence-electron chi connectivity index (χ2n) is 8.76. The van der Waals surface area contributed by atoms with Crippen LogP contribution in [0.15, 0.2) is 69.6 Å². The molecule has 1 amide bonds. The molecule has 0 atom stereocenters. The van der Waals surface area contributed by atoms with Gasteiger partial charge in [0.1, 0.15) is 17.3 Å². The fraction of sp³-hybridized carbons (Fsp3) is 0.296. The minimum Gasteiger partial charge on any atom is -0.483 e. The lowest BCUT2D eigenvalue weighted by Gasteiger charge is -2.36. The number of halogens is 2. The minimum absolute atomic E-state index is 0.0106. The van der Waals surface area contributed by atoms with E-state index in [2.05, 4.69) is 21.2 Å². The Morgan fingerprint density at radius 3 is 2.31 bits per heavy atom. The van der Waals surface area contributed by atoms with Crippen molar-refractivity contribution in [3.8, 4) is 5.75 Å². The Kier molecular flexibility index (Phi) is 6.80. The second kappa shape index (κ2) is 9.99. The van der Waals surface area contributed by atoms with Gasteiger partial charge in [-0.15, -0.1) is 0 Å². The van der Waals surface area contributed by atoms with Gasteiger partial charge in [-0.2, -0.15) is 0 Å². The minimum atomic E-state index is -0.575. The lowest BCUT2D eigenvalue weighted by molar-refractivity contribution is -0.119. The summed E-state index contributed by atoms with van der Waals surface area (Å²) in [4.78, 5) is 38.8. The maximum Gasteiger partial charge on any atom is 0.262 e. The fourth-order valence-corrected chi connectivity index (χ4v) is 5.46. The summed E-state index contributed by atoms with van der Waals surface area (Å²) in [5, 5.41) is 3.17. The maximum atomic E-state index is 13.1. The highest BCUT2D eigenvalue weighted by Gasteiger charge is 2.42. The first kappa shape index (κ1) is 23.8. The summed E-state index contributed by atoms with van der Waals surface area (Å²) in [5.41, 5.74) is 2.23. The number of carbonyl (C=O) groups is 3. The summed E-state index contributed by atoms with van der Waals surface area (Å²) in [7, 11) is 0. The van der Waals surface area contributed by atoms with Crippen LogP contribution in [0.25, 0.3) is 0 Å². The van der Waals surface area contributed by atoms with Crippen LogP contribution in [-0.2, 0) is 19.1 Å². The zero-order chi connectivity index (χ0) is 24.5. The van der Waals surface area contributed by atoms with Crippen molar-refractivity contribution in [2.24, 2.45) is 0 Å². The molecule has 0 saturated carbocycles. The standard InChI is InChI=1S/C27H23BrClNO5/c28-15-11-12-21(34-14-24(33)30-18-6-2-1-5-17(18)29)16(13-15)25-26-19(31)7-3-9-22(26)35-23-10-4-8-20(32)27(23)25/h1-2,5-6,11-13,25H,3-4,7-10,14H2,(H,30,33). The van der Waals surface area contributed by atoms with E-state index in [1.54, 1.807) is 36.4 Å². The molecule has 1 aliphatic heterocycles. The monoisotopic (exact) mass is 555 g/mol. The van der Waals surface area contributed by atoms with Crippen LogP contribution in [0.3, 0.4) is 0 Å². The summed E-state index contributed by atoms with van der Waals surface area (Å²) in [6.45, 7) is -0.261. The Labute approximate surface area is 216 Å². The molecule has 2 aromatic rings. The van der Waals surface area contributed by atoms with E-state index in [1.165, 1.54) is 0 Å². The Hall–Kier alpha value is -2.90. The van der Waals surface area contributed by atoms with Gasteiger partial charge in [-0.1, -0.05) is 39.7 Å². The fourth-order valence-electron chi connectivity index (χ4n) is 4.90. The highest BCUT2D eigenvalue weighted by molar-refractivity contribution is 9.10. The quantitative estimate of drug-likeness (QED) is 0.471. The molecular formula is C27H23BrClNO5. The van der Waals surface area contributed by atoms with Crippen LogP contribution < -0.4 is 10.1 Å². The number of anilines is 1. The van der Waals surface area contributed by atoms with E-state index in [4.69, 9.17) is 21.1 Å². The Bertz CT molecular complexity index is 1260. The number of carbonyl (C=O) groups excluding carboxylic acids is 3. The number of ketones is 2. The number of allylic oxidation sites excluding steroid dienone is 4. The van der Waals surface area contributed by atoms with Gasteiger partial charge in [0.25, 0.3) is 5.91 Å². The molecule has 0 spiro atoms. The van der Waals surface area contributed by atoms with Crippen LogP contribution in [0.5, 0.6) is 5.75 Å². The lowest BCUT2D eigenvalue weighted by Crippen LogP contribution is -2.30. The van der Waals surface area contributed by atoms with Gasteiger partial charge >= 0.3 is 0 Å². The number of amides is 1. The first-order valence-corrected chi connectivity index (χ1v) is 12.8. The number of ether oxygens (including phenoxy) is 2. The molecule has 2 aromatic carbocycles. The lowest BCUT2D eigenvalue weighted by atomic mass is 9.73. The van der Waals surface area contributed by atoms with Crippen LogP contribution >= 0.6 is 27.5 Å². The highest BCUT2D eigenvalue weighted by atomic mass is 79.9. The molecule has 0 radical (unpaired) electrons. The van der Waals surface area contributed by atoms with Gasteiger partial charge in [0.05, 0.1) is 16.6 Å². The molecule has 1 N–H and O–H groups in total. The van der Waals surface area contributed by atoms with Gasteiger partial charge in [-0.3, -0.25) is 14.4 Å². The van der Waals surface area contributed by atoms with E-state index >= 15 is 0 Å². The van der Waals surface area contributed by atoms with Gasteiger partial charge in [0, 0.05) is 46.9 Å². The summed E-state index contributed by atoms with van der Waals surface area (Å²) in [6.07, 6.45) is 3.61. The number of Topliss-reactive ketones (excluding diaryl/α,β-unsaturated/α-hetero) is 2. The largest absolute Gasteiger partial charge is 0.483 e. The molecule has 0 bridgehead atoms. The van der Waals surface area contributed by atoms with Crippen molar-refractivity contribution in [1.29, 1.82) is 0 Å². The molecule has 2 aliphatic carbocycles. The van der Waals surface area contributed by atoms with Gasteiger partial charge in [-0.25, -0.2) is 0 Å². The number of rotatable bonds is 5. The normalized spacial score (nSPS) is 18.1. The number of para-hydroxylation sites is 1. The third-order valence-electron chi connectivity index (χ3n) is 6.43. The smallest absolute Gasteiger partial charge is 0.262 e. The Morgan fingerprint density at radius 1 is 1.00 bits per heavy atom. The topological polar surface area (TPSA) is 81.7 Å². The number of hydrogen-bond donors (Lipinski definition) is 1. The van der Waals surface area contributed by atoms with Crippen LogP contribution in [0.4, 0.5) is 5.69 Å². The zero-order valence-electron chi connectivity index (χ0n) is 18.9. The van der Waals surface area contributed by atoms with Crippen LogP contribution in [0.2, 0.25) is 5.02 Å². The van der Waals surface area contributed by atoms with E-state index in [9.17, 15) is 14.4 Å². The molecule has 3 aliphatic rings. The molecule has 5 rings (SSSR count). The molecule has 35 heavy (non-hydrogen) atoms. The van der Waals surface area contributed by atoms with Crippen LogP contribution in [-0.4, -0.2) is 24.1 Å². The predicted molar refractivity (Wildman–Crippen MR) is 135 cm³/mol. The number of hydrogen-bond acceptors (Lipinski definition) is 5. The third-order valence-corrected chi connectivity index (χ3v) is 7.25. The van der Waals surface area contributed by atoms with Crippen molar-refractivity contribution in [2.75, 3.05) is 11.9 Å². The molecule has 180 valence electrons. The molecule has 0 unspecified atom stereocenters. The SMILES string of the molecule is O=C(COc1ccc(Br)cc1C1C2=C(CCCC2=O)OC2=C1C(=O)CCC2)Nc1ccccc1Cl. The Balaban J connectivity index is 1.49. The molecule has 1 heterocycles. The first-order chi connectivity index (χ1) is 16.9. The average molecular weight is 557 g/mol. The van der Waals surface area contributed by atoms with E-state index in [1.807, 2.05) is 6.07 Å². The van der Waals surface area contributed by atoms with Gasteiger partial charge in [0.15, 0.2) is 18.2 Å². The van der Waals surface area contributed by atoms with E-state index in [-0.39, 0.29) is 24.1 Å². The maximum absolute atomic E-state index is 13.1. The Morgan fingerprint density at radius 2 is 1.66 bits per heavy atom. The summed E-state index contributed by atoms with van der Waals surface area (Å²) in [5.74, 6) is 0.774. The van der Waals surface area contributed by atoms with Crippen LogP contribution in [0.1, 0.15) is 50.0 Å². The number of benzene rings is 2. The van der Waals surface area contributed by atoms with Crippen molar-refractivity contribution >= 4 is 50.7 Å². The van der Waals surface area contributed by atoms with Crippen molar-refractivity contribution in [1.82, 2.24) is 0 Å². The summed E-state index contributed by atoms with van der Waals surface area (Å²) < 4.78 is 12.9. The van der Waals surface area contributed by atoms with E-state index < -0.39 is 5.92 Å². The summed E-state index contributed by atoms with van der Waals surface area (Å²) >= 11 is 9.66. The van der Waals surface area contributed by atoms with Crippen molar-refractivity contribution in [3.05, 3.63) is 80.2 Å². The second-order valence-corrected chi connectivity index (χ2v) is 10.1. The van der Waals surface area contributed by atoms with E-state index in [0.29, 0.717) is 70.4 Å². The first-order valence-electron chi connectivity index (χ1n) is 11.6. The van der Waals surface area contributed by atoms with Crippen molar-refractivity contribution in [2.45, 2.75) is 44.4 Å². The van der Waals surface area contributed by atoms with Crippen molar-refractivity contribution in [3.63, 3.8) is 0 Å². The third kappa shape index (κ3) is 4.80. The van der Waals surface area contributed by atoms with Crippen LogP contribution in [0, 0.1) is 0 Å². The molecule has 0 saturated heterocycles. The highest BCUT2D eigenvalue weighted by Crippen LogP contribution is 2.50. The average Bonchev–Trinajstić information content (AvgIpc) is 2.84. The molecule has 0 aromatic heterocycles. The van der Waals surface area contributed by atoms with Gasteiger partial charge in [0.2, 0.25) is 0 Å². The summed E-state index contributed by atoms with van der Waals surface area (Å²) in [6, 6.07) is 12.4. The van der Waals surface area contributed by atoms with Gasteiger partial charge in [-0.05, 0) is 43.2 Å². The zero-order valence-corrected chi connectivity index (χ0v) is 21.2. The predicted octanol–water partition coefficient (Wildman–Crippen LogP) is 6.25. The van der Waals surface area contributed by atoms with E-state index in [0.717, 1.165) is 17.3 Å². The van der Waals surface area contributed by atoms with Gasteiger partial charge < -0.3 is 14.8 Å². The molecule has 8 heteroatoms.